The zero-order valence-corrected chi connectivity index (χ0v) is 12.6. The Labute approximate surface area is 122 Å². The van der Waals surface area contributed by atoms with Crippen LogP contribution in [0.3, 0.4) is 0 Å². The molecule has 0 spiro atoms. The van der Waals surface area contributed by atoms with Crippen LogP contribution in [0.25, 0.3) is 0 Å². The van der Waals surface area contributed by atoms with Crippen LogP contribution < -0.4 is 0 Å². The van der Waals surface area contributed by atoms with Gasteiger partial charge in [-0.15, -0.1) is 0 Å². The molecule has 1 aliphatic rings. The number of ether oxygens (including phenoxy) is 1. The normalized spacial score (nSPS) is 16.8. The van der Waals surface area contributed by atoms with E-state index in [1.807, 2.05) is 17.0 Å². The van der Waals surface area contributed by atoms with E-state index in [9.17, 15) is 4.79 Å². The number of hydrogen-bond donors (Lipinski definition) is 0. The van der Waals surface area contributed by atoms with E-state index in [-0.39, 0.29) is 5.91 Å². The first-order valence-electron chi connectivity index (χ1n) is 6.77. The van der Waals surface area contributed by atoms with E-state index < -0.39 is 0 Å². The number of aryl methyl sites for hydroxylation is 1. The van der Waals surface area contributed by atoms with Crippen LogP contribution in [0.1, 0.15) is 25.0 Å². The van der Waals surface area contributed by atoms with Gasteiger partial charge in [-0.05, 0) is 25.0 Å². The highest BCUT2D eigenvalue weighted by atomic mass is 79.9. The topological polar surface area (TPSA) is 42.7 Å². The third kappa shape index (κ3) is 4.66. The fraction of sp³-hybridized carbons (Fsp3) is 0.643. The molecule has 2 rings (SSSR count). The van der Waals surface area contributed by atoms with Gasteiger partial charge in [0.15, 0.2) is 0 Å². The Morgan fingerprint density at radius 2 is 2.26 bits per heavy atom. The summed E-state index contributed by atoms with van der Waals surface area (Å²) >= 11 is 3.35. The largest absolute Gasteiger partial charge is 0.469 e. The van der Waals surface area contributed by atoms with Crippen LogP contribution in [-0.2, 0) is 16.0 Å². The summed E-state index contributed by atoms with van der Waals surface area (Å²) in [6.45, 7) is 2.37. The summed E-state index contributed by atoms with van der Waals surface area (Å²) in [5, 5.41) is 0.870. The van der Waals surface area contributed by atoms with Crippen molar-refractivity contribution in [2.75, 3.05) is 25.0 Å². The molecule has 1 fully saturated rings. The van der Waals surface area contributed by atoms with E-state index in [0.29, 0.717) is 18.9 Å². The molecule has 0 radical (unpaired) electrons. The molecule has 19 heavy (non-hydrogen) atoms. The second kappa shape index (κ2) is 7.70. The van der Waals surface area contributed by atoms with E-state index in [0.717, 1.165) is 43.6 Å². The van der Waals surface area contributed by atoms with E-state index in [1.165, 1.54) is 0 Å². The van der Waals surface area contributed by atoms with Crippen LogP contribution in [0, 0.1) is 0 Å². The van der Waals surface area contributed by atoms with E-state index >= 15 is 0 Å². The maximum Gasteiger partial charge on any atom is 0.223 e. The quantitative estimate of drug-likeness (QED) is 0.753. The minimum Gasteiger partial charge on any atom is -0.469 e. The van der Waals surface area contributed by atoms with Crippen molar-refractivity contribution in [3.05, 3.63) is 24.2 Å². The van der Waals surface area contributed by atoms with Gasteiger partial charge in [-0.25, -0.2) is 0 Å². The van der Waals surface area contributed by atoms with Gasteiger partial charge in [-0.3, -0.25) is 4.79 Å². The summed E-state index contributed by atoms with van der Waals surface area (Å²) < 4.78 is 10.9. The highest BCUT2D eigenvalue weighted by molar-refractivity contribution is 9.09. The summed E-state index contributed by atoms with van der Waals surface area (Å²) in [6, 6.07) is 3.76. The molecule has 0 saturated carbocycles. The average molecular weight is 330 g/mol. The molecular weight excluding hydrogens is 310 g/mol. The van der Waals surface area contributed by atoms with Crippen molar-refractivity contribution in [2.24, 2.45) is 0 Å². The number of amides is 1. The molecule has 0 aromatic carbocycles. The molecule has 5 heteroatoms. The van der Waals surface area contributed by atoms with Crippen LogP contribution in [0.4, 0.5) is 0 Å². The molecule has 0 N–H and O–H groups in total. The molecule has 0 aliphatic carbocycles. The lowest BCUT2D eigenvalue weighted by molar-refractivity contribution is -0.133. The number of halogens is 1. The number of alkyl halides is 1. The van der Waals surface area contributed by atoms with E-state index in [2.05, 4.69) is 15.9 Å². The van der Waals surface area contributed by atoms with Gasteiger partial charge in [0.05, 0.1) is 19.0 Å². The number of carbonyl (C=O) groups is 1. The summed E-state index contributed by atoms with van der Waals surface area (Å²) in [5.74, 6) is 1.10. The van der Waals surface area contributed by atoms with E-state index in [4.69, 9.17) is 9.15 Å². The number of hydrogen-bond acceptors (Lipinski definition) is 3. The third-order valence-corrected chi connectivity index (χ3v) is 3.71. The van der Waals surface area contributed by atoms with Gasteiger partial charge >= 0.3 is 0 Å². The Morgan fingerprint density at radius 3 is 2.89 bits per heavy atom. The van der Waals surface area contributed by atoms with Crippen molar-refractivity contribution in [1.82, 2.24) is 4.90 Å². The SMILES string of the molecule is O=C(CCc1ccco1)N1CCC(OCCBr)CC1. The summed E-state index contributed by atoms with van der Waals surface area (Å²) in [4.78, 5) is 14.0. The molecule has 1 aliphatic heterocycles. The van der Waals surface area contributed by atoms with Crippen LogP contribution in [0.5, 0.6) is 0 Å². The average Bonchev–Trinajstić information content (AvgIpc) is 2.96. The minimum atomic E-state index is 0.218. The number of furan rings is 1. The molecule has 2 heterocycles. The standard InChI is InChI=1S/C14H20BrNO3/c15-7-11-19-13-5-8-16(9-6-13)14(17)4-3-12-2-1-10-18-12/h1-2,10,13H,3-9,11H2. The lowest BCUT2D eigenvalue weighted by Crippen LogP contribution is -2.41. The molecule has 1 saturated heterocycles. The first-order valence-corrected chi connectivity index (χ1v) is 7.89. The van der Waals surface area contributed by atoms with E-state index in [1.54, 1.807) is 6.26 Å². The van der Waals surface area contributed by atoms with Crippen molar-refractivity contribution in [1.29, 1.82) is 0 Å². The number of nitrogens with zero attached hydrogens (tertiary/aromatic N) is 1. The minimum absolute atomic E-state index is 0.218. The molecule has 0 unspecified atom stereocenters. The molecule has 4 nitrogen and oxygen atoms in total. The Morgan fingerprint density at radius 1 is 1.47 bits per heavy atom. The lowest BCUT2D eigenvalue weighted by Gasteiger charge is -2.31. The zero-order valence-electron chi connectivity index (χ0n) is 11.0. The Hall–Kier alpha value is -0.810. The van der Waals surface area contributed by atoms with Gasteiger partial charge in [0.2, 0.25) is 5.91 Å². The Balaban J connectivity index is 1.67. The van der Waals surface area contributed by atoms with Gasteiger partial charge in [0.1, 0.15) is 5.76 Å². The maximum atomic E-state index is 12.0. The van der Waals surface area contributed by atoms with Crippen molar-refractivity contribution in [3.8, 4) is 0 Å². The number of piperidine rings is 1. The molecular formula is C14H20BrNO3. The molecule has 0 atom stereocenters. The Bertz CT molecular complexity index is 372. The van der Waals surface area contributed by atoms with Gasteiger partial charge in [-0.2, -0.15) is 0 Å². The zero-order chi connectivity index (χ0) is 13.5. The van der Waals surface area contributed by atoms with Crippen LogP contribution in [0.2, 0.25) is 0 Å². The van der Waals surface area contributed by atoms with Crippen molar-refractivity contribution < 1.29 is 13.9 Å². The highest BCUT2D eigenvalue weighted by Crippen LogP contribution is 2.15. The van der Waals surface area contributed by atoms with Crippen molar-refractivity contribution in [2.45, 2.75) is 31.8 Å². The smallest absolute Gasteiger partial charge is 0.223 e. The predicted molar refractivity (Wildman–Crippen MR) is 76.4 cm³/mol. The number of rotatable bonds is 6. The Kier molecular flexibility index (Phi) is 5.92. The van der Waals surface area contributed by atoms with Gasteiger partial charge in [0.25, 0.3) is 0 Å². The van der Waals surface area contributed by atoms with Crippen LogP contribution in [-0.4, -0.2) is 41.9 Å². The first-order chi connectivity index (χ1) is 9.29. The van der Waals surface area contributed by atoms with Crippen LogP contribution in [0.15, 0.2) is 22.8 Å². The van der Waals surface area contributed by atoms with Gasteiger partial charge < -0.3 is 14.1 Å². The second-order valence-corrected chi connectivity index (χ2v) is 5.51. The number of likely N-dealkylation sites (tertiary alicyclic amines) is 1. The molecule has 1 aromatic heterocycles. The summed E-state index contributed by atoms with van der Waals surface area (Å²) in [5.41, 5.74) is 0. The molecule has 106 valence electrons. The maximum absolute atomic E-state index is 12.0. The third-order valence-electron chi connectivity index (χ3n) is 3.39. The molecule has 1 amide bonds. The monoisotopic (exact) mass is 329 g/mol. The van der Waals surface area contributed by atoms with Crippen molar-refractivity contribution in [3.63, 3.8) is 0 Å². The molecule has 1 aromatic rings. The highest BCUT2D eigenvalue weighted by Gasteiger charge is 2.22. The lowest BCUT2D eigenvalue weighted by atomic mass is 10.1. The first kappa shape index (κ1) is 14.6. The van der Waals surface area contributed by atoms with Gasteiger partial charge in [-0.1, -0.05) is 15.9 Å². The predicted octanol–water partition coefficient (Wildman–Crippen LogP) is 2.61. The second-order valence-electron chi connectivity index (χ2n) is 4.72. The fourth-order valence-electron chi connectivity index (χ4n) is 2.33. The number of carbonyl (C=O) groups excluding carboxylic acids is 1. The van der Waals surface area contributed by atoms with Crippen molar-refractivity contribution >= 4 is 21.8 Å². The summed E-state index contributed by atoms with van der Waals surface area (Å²) in [6.07, 6.45) is 5.06. The van der Waals surface area contributed by atoms with Crippen LogP contribution >= 0.6 is 15.9 Å². The summed E-state index contributed by atoms with van der Waals surface area (Å²) in [7, 11) is 0. The fourth-order valence-corrected chi connectivity index (χ4v) is 2.51. The molecule has 0 bridgehead atoms. The van der Waals surface area contributed by atoms with Gasteiger partial charge in [0, 0.05) is 31.3 Å².